The Morgan fingerprint density at radius 3 is 2.71 bits per heavy atom. The molecule has 0 atom stereocenters. The molecular formula is C17H11BrClNO2S2. The van der Waals surface area contributed by atoms with Crippen molar-refractivity contribution in [1.29, 1.82) is 0 Å². The number of hydrogen-bond acceptors (Lipinski definition) is 4. The first-order valence-corrected chi connectivity index (χ1v) is 9.33. The van der Waals surface area contributed by atoms with Gasteiger partial charge in [-0.05, 0) is 39.7 Å². The molecule has 0 spiro atoms. The Morgan fingerprint density at radius 2 is 2.04 bits per heavy atom. The third kappa shape index (κ3) is 4.19. The molecule has 2 aromatic rings. The lowest BCUT2D eigenvalue weighted by molar-refractivity contribution is -0.115. The highest BCUT2D eigenvalue weighted by atomic mass is 79.9. The summed E-state index contributed by atoms with van der Waals surface area (Å²) in [6.07, 6.45) is 1.73. The van der Waals surface area contributed by atoms with Crippen molar-refractivity contribution in [3.05, 3.63) is 68.0 Å². The van der Waals surface area contributed by atoms with E-state index in [1.54, 1.807) is 18.2 Å². The lowest BCUT2D eigenvalue weighted by Gasteiger charge is -2.12. The van der Waals surface area contributed by atoms with Crippen molar-refractivity contribution < 1.29 is 9.53 Å². The summed E-state index contributed by atoms with van der Waals surface area (Å²) in [5.41, 5.74) is 1.76. The average Bonchev–Trinajstić information content (AvgIpc) is 2.85. The van der Waals surface area contributed by atoms with Crippen LogP contribution in [0.5, 0.6) is 5.75 Å². The van der Waals surface area contributed by atoms with Gasteiger partial charge in [0.1, 0.15) is 16.7 Å². The zero-order valence-corrected chi connectivity index (χ0v) is 16.2. The van der Waals surface area contributed by atoms with E-state index in [-0.39, 0.29) is 5.91 Å². The molecule has 1 N–H and O–H groups in total. The van der Waals surface area contributed by atoms with E-state index in [0.717, 1.165) is 10.0 Å². The van der Waals surface area contributed by atoms with Gasteiger partial charge in [0, 0.05) is 10.6 Å². The van der Waals surface area contributed by atoms with Crippen LogP contribution in [-0.4, -0.2) is 10.2 Å². The Morgan fingerprint density at radius 1 is 1.29 bits per heavy atom. The molecule has 7 heteroatoms. The smallest absolute Gasteiger partial charge is 0.263 e. The third-order valence-electron chi connectivity index (χ3n) is 3.19. The summed E-state index contributed by atoms with van der Waals surface area (Å²) >= 11 is 15.9. The standard InChI is InChI=1S/C17H11BrClNO2S2/c18-13-8-12(19)6-11(7-14-16(21)20-17(23)24-14)15(13)22-9-10-4-2-1-3-5-10/h1-8H,9H2,(H,20,21,23)/b14-7+. The van der Waals surface area contributed by atoms with Gasteiger partial charge in [0.05, 0.1) is 9.38 Å². The molecule has 3 rings (SSSR count). The summed E-state index contributed by atoms with van der Waals surface area (Å²) in [6, 6.07) is 13.4. The SMILES string of the molecule is O=C1NC(=S)S/C1=C/c1cc(Cl)cc(Br)c1OCc1ccccc1. The number of rotatable bonds is 4. The van der Waals surface area contributed by atoms with Gasteiger partial charge in [-0.25, -0.2) is 0 Å². The number of thiocarbonyl (C=S) groups is 1. The third-order valence-corrected chi connectivity index (χ3v) is 5.16. The molecule has 0 aromatic heterocycles. The molecule has 0 unspecified atom stereocenters. The number of benzene rings is 2. The van der Waals surface area contributed by atoms with Crippen LogP contribution in [0.4, 0.5) is 0 Å². The van der Waals surface area contributed by atoms with Gasteiger partial charge in [-0.1, -0.05) is 65.9 Å². The molecule has 122 valence electrons. The summed E-state index contributed by atoms with van der Waals surface area (Å²) < 4.78 is 7.13. The normalized spacial score (nSPS) is 15.7. The Hall–Kier alpha value is -1.34. The summed E-state index contributed by atoms with van der Waals surface area (Å²) in [4.78, 5) is 12.4. The molecule has 0 aliphatic carbocycles. The molecule has 1 aliphatic rings. The van der Waals surface area contributed by atoms with Crippen molar-refractivity contribution in [2.24, 2.45) is 0 Å². The quantitative estimate of drug-likeness (QED) is 0.526. The average molecular weight is 441 g/mol. The van der Waals surface area contributed by atoms with Crippen LogP contribution in [0, 0.1) is 0 Å². The molecule has 0 bridgehead atoms. The Bertz CT molecular complexity index is 840. The number of ether oxygens (including phenoxy) is 1. The second-order valence-electron chi connectivity index (χ2n) is 4.93. The highest BCUT2D eigenvalue weighted by molar-refractivity contribution is 9.10. The maximum atomic E-state index is 11.9. The zero-order chi connectivity index (χ0) is 17.1. The molecule has 0 radical (unpaired) electrons. The van der Waals surface area contributed by atoms with E-state index in [0.29, 0.717) is 32.2 Å². The van der Waals surface area contributed by atoms with Crippen molar-refractivity contribution in [3.8, 4) is 5.75 Å². The van der Waals surface area contributed by atoms with E-state index in [4.69, 9.17) is 28.6 Å². The van der Waals surface area contributed by atoms with E-state index in [1.807, 2.05) is 30.3 Å². The predicted octanol–water partition coefficient (Wildman–Crippen LogP) is 5.17. The zero-order valence-electron chi connectivity index (χ0n) is 12.2. The fourth-order valence-electron chi connectivity index (χ4n) is 2.13. The van der Waals surface area contributed by atoms with Crippen LogP contribution in [0.3, 0.4) is 0 Å². The number of amides is 1. The number of nitrogens with one attached hydrogen (secondary N) is 1. The molecule has 0 saturated carbocycles. The van der Waals surface area contributed by atoms with Crippen LogP contribution in [0.25, 0.3) is 6.08 Å². The molecule has 1 heterocycles. The van der Waals surface area contributed by atoms with Crippen LogP contribution < -0.4 is 10.1 Å². The second kappa shape index (κ2) is 7.70. The van der Waals surface area contributed by atoms with Gasteiger partial charge >= 0.3 is 0 Å². The van der Waals surface area contributed by atoms with E-state index >= 15 is 0 Å². The van der Waals surface area contributed by atoms with Crippen LogP contribution in [0.15, 0.2) is 51.8 Å². The summed E-state index contributed by atoms with van der Waals surface area (Å²) in [7, 11) is 0. The Kier molecular flexibility index (Phi) is 5.61. The van der Waals surface area contributed by atoms with Crippen LogP contribution in [0.2, 0.25) is 5.02 Å². The number of hydrogen-bond donors (Lipinski definition) is 1. The Balaban J connectivity index is 1.92. The van der Waals surface area contributed by atoms with Gasteiger partial charge in [0.2, 0.25) is 0 Å². The minimum Gasteiger partial charge on any atom is -0.487 e. The van der Waals surface area contributed by atoms with Crippen LogP contribution in [0.1, 0.15) is 11.1 Å². The first kappa shape index (κ1) is 17.5. The fourth-order valence-corrected chi connectivity index (χ4v) is 4.12. The maximum absolute atomic E-state index is 11.9. The highest BCUT2D eigenvalue weighted by Gasteiger charge is 2.23. The number of carbonyl (C=O) groups excluding carboxylic acids is 1. The molecular weight excluding hydrogens is 430 g/mol. The summed E-state index contributed by atoms with van der Waals surface area (Å²) in [5.74, 6) is 0.414. The van der Waals surface area contributed by atoms with Crippen molar-refractivity contribution in [3.63, 3.8) is 0 Å². The molecule has 2 aromatic carbocycles. The van der Waals surface area contributed by atoms with E-state index in [2.05, 4.69) is 21.2 Å². The van der Waals surface area contributed by atoms with Gasteiger partial charge in [0.25, 0.3) is 5.91 Å². The van der Waals surface area contributed by atoms with Gasteiger partial charge in [-0.15, -0.1) is 0 Å². The molecule has 1 fully saturated rings. The second-order valence-corrected chi connectivity index (χ2v) is 7.94. The van der Waals surface area contributed by atoms with Crippen LogP contribution in [-0.2, 0) is 11.4 Å². The topological polar surface area (TPSA) is 38.3 Å². The molecule has 1 amide bonds. The number of thioether (sulfide) groups is 1. The number of halogens is 2. The minimum absolute atomic E-state index is 0.213. The first-order valence-electron chi connectivity index (χ1n) is 6.93. The lowest BCUT2D eigenvalue weighted by Crippen LogP contribution is -2.17. The first-order chi connectivity index (χ1) is 11.5. The fraction of sp³-hybridized carbons (Fsp3) is 0.0588. The minimum atomic E-state index is -0.213. The molecule has 3 nitrogen and oxygen atoms in total. The monoisotopic (exact) mass is 439 g/mol. The van der Waals surface area contributed by atoms with E-state index < -0.39 is 0 Å². The van der Waals surface area contributed by atoms with Crippen LogP contribution >= 0.6 is 51.5 Å². The molecule has 1 aliphatic heterocycles. The van der Waals surface area contributed by atoms with Gasteiger partial charge in [-0.2, -0.15) is 0 Å². The summed E-state index contributed by atoms with van der Waals surface area (Å²) in [6.45, 7) is 0.412. The predicted molar refractivity (Wildman–Crippen MR) is 106 cm³/mol. The Labute approximate surface area is 162 Å². The van der Waals surface area contributed by atoms with Gasteiger partial charge < -0.3 is 10.1 Å². The van der Waals surface area contributed by atoms with E-state index in [9.17, 15) is 4.79 Å². The van der Waals surface area contributed by atoms with Crippen molar-refractivity contribution in [1.82, 2.24) is 5.32 Å². The molecule has 1 saturated heterocycles. The molecule has 24 heavy (non-hydrogen) atoms. The maximum Gasteiger partial charge on any atom is 0.263 e. The van der Waals surface area contributed by atoms with Crippen molar-refractivity contribution in [2.75, 3.05) is 0 Å². The van der Waals surface area contributed by atoms with Crippen molar-refractivity contribution in [2.45, 2.75) is 6.61 Å². The van der Waals surface area contributed by atoms with E-state index in [1.165, 1.54) is 11.8 Å². The lowest BCUT2D eigenvalue weighted by atomic mass is 10.1. The highest BCUT2D eigenvalue weighted by Crippen LogP contribution is 2.36. The van der Waals surface area contributed by atoms with Gasteiger partial charge in [0.15, 0.2) is 0 Å². The summed E-state index contributed by atoms with van der Waals surface area (Å²) in [5, 5.41) is 3.14. The van der Waals surface area contributed by atoms with Gasteiger partial charge in [-0.3, -0.25) is 4.79 Å². The largest absolute Gasteiger partial charge is 0.487 e. The van der Waals surface area contributed by atoms with Crippen molar-refractivity contribution >= 4 is 67.8 Å². The number of carbonyl (C=O) groups is 1.